The Labute approximate surface area is 103 Å². The zero-order valence-corrected chi connectivity index (χ0v) is 10.4. The molecule has 0 amide bonds. The predicted molar refractivity (Wildman–Crippen MR) is 66.7 cm³/mol. The summed E-state index contributed by atoms with van der Waals surface area (Å²) >= 11 is 7.34. The van der Waals surface area contributed by atoms with E-state index in [0.29, 0.717) is 5.88 Å². The number of thiazole rings is 1. The Morgan fingerprint density at radius 3 is 2.62 bits per heavy atom. The van der Waals surface area contributed by atoms with Crippen molar-refractivity contribution < 1.29 is 4.39 Å². The third-order valence-electron chi connectivity index (χ3n) is 2.31. The van der Waals surface area contributed by atoms with Crippen LogP contribution >= 0.6 is 22.9 Å². The first-order chi connectivity index (χ1) is 7.70. The molecule has 0 radical (unpaired) electrons. The van der Waals surface area contributed by atoms with Gasteiger partial charge in [0.2, 0.25) is 0 Å². The lowest BCUT2D eigenvalue weighted by Gasteiger charge is -1.94. The Bertz CT molecular complexity index is 478. The summed E-state index contributed by atoms with van der Waals surface area (Å²) in [5.41, 5.74) is 1.97. The second-order valence-electron chi connectivity index (χ2n) is 3.47. The lowest BCUT2D eigenvalue weighted by Crippen LogP contribution is -1.84. The quantitative estimate of drug-likeness (QED) is 0.755. The molecule has 1 aromatic carbocycles. The van der Waals surface area contributed by atoms with E-state index in [-0.39, 0.29) is 5.82 Å². The summed E-state index contributed by atoms with van der Waals surface area (Å²) in [7, 11) is 0. The number of rotatable bonds is 3. The Kier molecular flexibility index (Phi) is 3.56. The van der Waals surface area contributed by atoms with Crippen molar-refractivity contribution in [1.29, 1.82) is 0 Å². The molecule has 2 rings (SSSR count). The van der Waals surface area contributed by atoms with Crippen LogP contribution in [-0.4, -0.2) is 10.9 Å². The predicted octanol–water partition coefficient (Wildman–Crippen LogP) is 4.04. The summed E-state index contributed by atoms with van der Waals surface area (Å²) < 4.78 is 12.8. The van der Waals surface area contributed by atoms with Crippen LogP contribution in [0.2, 0.25) is 0 Å². The third-order valence-corrected chi connectivity index (χ3v) is 3.76. The van der Waals surface area contributed by atoms with Gasteiger partial charge in [0, 0.05) is 16.3 Å². The van der Waals surface area contributed by atoms with Gasteiger partial charge in [-0.2, -0.15) is 0 Å². The molecule has 0 N–H and O–H groups in total. The van der Waals surface area contributed by atoms with Crippen molar-refractivity contribution in [3.63, 3.8) is 0 Å². The zero-order chi connectivity index (χ0) is 11.5. The number of aromatic nitrogens is 1. The van der Waals surface area contributed by atoms with Crippen LogP contribution in [0.5, 0.6) is 0 Å². The summed E-state index contributed by atoms with van der Waals surface area (Å²) in [6.07, 6.45) is 0.840. The van der Waals surface area contributed by atoms with E-state index in [0.717, 1.165) is 22.7 Å². The molecule has 0 aliphatic rings. The fourth-order valence-corrected chi connectivity index (χ4v) is 2.83. The number of benzene rings is 1. The van der Waals surface area contributed by atoms with E-state index >= 15 is 0 Å². The van der Waals surface area contributed by atoms with Crippen molar-refractivity contribution in [2.24, 2.45) is 0 Å². The van der Waals surface area contributed by atoms with Crippen molar-refractivity contribution in [3.05, 3.63) is 40.7 Å². The van der Waals surface area contributed by atoms with Gasteiger partial charge in [-0.1, -0.05) is 0 Å². The number of aryl methyl sites for hydroxylation is 2. The normalized spacial score (nSPS) is 10.7. The molecular formula is C12H11ClFNS. The maximum atomic E-state index is 12.8. The van der Waals surface area contributed by atoms with Gasteiger partial charge >= 0.3 is 0 Å². The number of hydrogen-bond acceptors (Lipinski definition) is 2. The highest BCUT2D eigenvalue weighted by Crippen LogP contribution is 2.28. The molecule has 2 aromatic rings. The monoisotopic (exact) mass is 255 g/mol. The Hall–Kier alpha value is -0.930. The maximum absolute atomic E-state index is 12.8. The number of hydrogen-bond donors (Lipinski definition) is 0. The summed E-state index contributed by atoms with van der Waals surface area (Å²) in [6, 6.07) is 6.40. The van der Waals surface area contributed by atoms with Crippen LogP contribution in [0.15, 0.2) is 24.3 Å². The molecule has 0 unspecified atom stereocenters. The molecule has 1 nitrogen and oxygen atoms in total. The molecule has 1 aromatic heterocycles. The standard InChI is InChI=1S/C12H11ClFNS/c1-8-11(6-7-13)16-12(15-8)9-2-4-10(14)5-3-9/h2-5H,6-7H2,1H3. The minimum absolute atomic E-state index is 0.224. The lowest BCUT2D eigenvalue weighted by molar-refractivity contribution is 0.628. The van der Waals surface area contributed by atoms with Crippen LogP contribution in [0.25, 0.3) is 10.6 Å². The molecule has 16 heavy (non-hydrogen) atoms. The summed E-state index contributed by atoms with van der Waals surface area (Å²) in [6.45, 7) is 1.98. The largest absolute Gasteiger partial charge is 0.241 e. The van der Waals surface area contributed by atoms with E-state index in [4.69, 9.17) is 11.6 Å². The van der Waals surface area contributed by atoms with Gasteiger partial charge in [-0.25, -0.2) is 9.37 Å². The molecule has 0 aliphatic heterocycles. The molecule has 0 saturated carbocycles. The van der Waals surface area contributed by atoms with Gasteiger partial charge in [0.25, 0.3) is 0 Å². The van der Waals surface area contributed by atoms with Gasteiger partial charge in [0.05, 0.1) is 5.69 Å². The summed E-state index contributed by atoms with van der Waals surface area (Å²) in [4.78, 5) is 5.67. The van der Waals surface area contributed by atoms with Crippen molar-refractivity contribution in [2.75, 3.05) is 5.88 Å². The minimum Gasteiger partial charge on any atom is -0.241 e. The molecule has 0 saturated heterocycles. The summed E-state index contributed by atoms with van der Waals surface area (Å²) in [5, 5.41) is 0.928. The SMILES string of the molecule is Cc1nc(-c2ccc(F)cc2)sc1CCCl. The third kappa shape index (κ3) is 2.42. The van der Waals surface area contributed by atoms with E-state index in [1.807, 2.05) is 6.92 Å². The Balaban J connectivity index is 2.33. The van der Waals surface area contributed by atoms with E-state index in [9.17, 15) is 4.39 Å². The topological polar surface area (TPSA) is 12.9 Å². The Morgan fingerprint density at radius 2 is 2.00 bits per heavy atom. The molecule has 1 heterocycles. The average molecular weight is 256 g/mol. The molecule has 84 valence electrons. The van der Waals surface area contributed by atoms with Gasteiger partial charge in [0.1, 0.15) is 10.8 Å². The lowest BCUT2D eigenvalue weighted by atomic mass is 10.2. The highest BCUT2D eigenvalue weighted by atomic mass is 35.5. The highest BCUT2D eigenvalue weighted by Gasteiger charge is 2.08. The fourth-order valence-electron chi connectivity index (χ4n) is 1.46. The number of alkyl halides is 1. The second-order valence-corrected chi connectivity index (χ2v) is 4.94. The minimum atomic E-state index is -0.224. The van der Waals surface area contributed by atoms with Crippen LogP contribution in [0.1, 0.15) is 10.6 Å². The average Bonchev–Trinajstić information content (AvgIpc) is 2.62. The first-order valence-corrected chi connectivity index (χ1v) is 6.34. The van der Waals surface area contributed by atoms with Crippen LogP contribution in [0.4, 0.5) is 4.39 Å². The van der Waals surface area contributed by atoms with Crippen molar-refractivity contribution in [1.82, 2.24) is 4.98 Å². The Morgan fingerprint density at radius 1 is 1.31 bits per heavy atom. The fraction of sp³-hybridized carbons (Fsp3) is 0.250. The molecule has 0 fully saturated rings. The van der Waals surface area contributed by atoms with E-state index in [2.05, 4.69) is 4.98 Å². The van der Waals surface area contributed by atoms with Crippen molar-refractivity contribution in [3.8, 4) is 10.6 Å². The zero-order valence-electron chi connectivity index (χ0n) is 8.84. The van der Waals surface area contributed by atoms with Crippen molar-refractivity contribution in [2.45, 2.75) is 13.3 Å². The first-order valence-electron chi connectivity index (χ1n) is 4.99. The first kappa shape index (κ1) is 11.6. The van der Waals surface area contributed by atoms with Gasteiger partial charge in [0.15, 0.2) is 0 Å². The molecule has 0 spiro atoms. The molecule has 0 bridgehead atoms. The molecule has 0 atom stereocenters. The molecule has 0 aliphatic carbocycles. The maximum Gasteiger partial charge on any atom is 0.123 e. The van der Waals surface area contributed by atoms with Crippen LogP contribution in [-0.2, 0) is 6.42 Å². The molecule has 4 heteroatoms. The van der Waals surface area contributed by atoms with Gasteiger partial charge in [-0.15, -0.1) is 22.9 Å². The van der Waals surface area contributed by atoms with Crippen LogP contribution in [0, 0.1) is 12.7 Å². The second kappa shape index (κ2) is 4.93. The smallest absolute Gasteiger partial charge is 0.123 e. The van der Waals surface area contributed by atoms with E-state index < -0.39 is 0 Å². The van der Waals surface area contributed by atoms with Crippen LogP contribution in [0.3, 0.4) is 0 Å². The van der Waals surface area contributed by atoms with E-state index in [1.54, 1.807) is 23.5 Å². The van der Waals surface area contributed by atoms with Crippen LogP contribution < -0.4 is 0 Å². The highest BCUT2D eigenvalue weighted by molar-refractivity contribution is 7.15. The van der Waals surface area contributed by atoms with E-state index in [1.165, 1.54) is 17.0 Å². The summed E-state index contributed by atoms with van der Waals surface area (Å²) in [5.74, 6) is 0.379. The molecular weight excluding hydrogens is 245 g/mol. The van der Waals surface area contributed by atoms with Gasteiger partial charge in [-0.3, -0.25) is 0 Å². The number of halogens is 2. The van der Waals surface area contributed by atoms with Crippen molar-refractivity contribution >= 4 is 22.9 Å². The van der Waals surface area contributed by atoms with Gasteiger partial charge < -0.3 is 0 Å². The number of nitrogens with zero attached hydrogens (tertiary/aromatic N) is 1. The van der Waals surface area contributed by atoms with Gasteiger partial charge in [-0.05, 0) is 37.6 Å².